The molecule has 2 saturated carbocycles. The molecule has 0 spiro atoms. The van der Waals surface area contributed by atoms with Gasteiger partial charge in [0.1, 0.15) is 0 Å². The van der Waals surface area contributed by atoms with Crippen molar-refractivity contribution in [2.45, 2.75) is 71.4 Å². The lowest BCUT2D eigenvalue weighted by molar-refractivity contribution is 0.113. The fraction of sp³-hybridized carbons (Fsp3) is 0.778. The quantitative estimate of drug-likeness (QED) is 0.626. The van der Waals surface area contributed by atoms with E-state index in [1.54, 1.807) is 10.4 Å². The Bertz CT molecular complexity index is 564. The molecule has 2 bridgehead atoms. The third-order valence-electron chi connectivity index (χ3n) is 7.28. The first-order valence-corrected chi connectivity index (χ1v) is 10.4. The zero-order valence-electron chi connectivity index (χ0n) is 13.3. The molecule has 2 fully saturated rings. The van der Waals surface area contributed by atoms with Gasteiger partial charge in [-0.3, -0.25) is 0 Å². The number of aryl methyl sites for hydroxylation is 1. The average molecular weight is 415 g/mol. The van der Waals surface area contributed by atoms with E-state index in [1.807, 2.05) is 11.3 Å². The van der Waals surface area contributed by atoms with Crippen LogP contribution in [0.2, 0.25) is 0 Å². The molecule has 0 saturated heterocycles. The number of nitrogens with one attached hydrogen (secondary N) is 1. The van der Waals surface area contributed by atoms with Crippen LogP contribution >= 0.6 is 33.9 Å². The maximum absolute atomic E-state index is 4.12. The van der Waals surface area contributed by atoms with Gasteiger partial charge in [-0.15, -0.1) is 11.3 Å². The molecule has 1 aromatic rings. The molecule has 4 rings (SSSR count). The van der Waals surface area contributed by atoms with E-state index in [4.69, 9.17) is 0 Å². The normalized spacial score (nSPS) is 40.5. The highest BCUT2D eigenvalue weighted by molar-refractivity contribution is 14.1. The minimum absolute atomic E-state index is 0.498. The lowest BCUT2D eigenvalue weighted by Crippen LogP contribution is -2.46. The summed E-state index contributed by atoms with van der Waals surface area (Å²) in [4.78, 5) is 1.65. The summed E-state index contributed by atoms with van der Waals surface area (Å²) in [5.41, 5.74) is 2.64. The fourth-order valence-corrected chi connectivity index (χ4v) is 7.51. The molecule has 3 heteroatoms. The van der Waals surface area contributed by atoms with Crippen LogP contribution in [0.5, 0.6) is 0 Å². The maximum atomic E-state index is 4.12. The molecule has 0 amide bonds. The standard InChI is InChI=1S/C18H26INS/c1-17(2)11-7-8-18(17,3)15(9-11)20-13-5-4-6-14-12(13)10-16(19)21-14/h10-11,13,15,20H,4-9H2,1-3H3. The summed E-state index contributed by atoms with van der Waals surface area (Å²) in [7, 11) is 0. The zero-order chi connectivity index (χ0) is 14.8. The van der Waals surface area contributed by atoms with E-state index in [2.05, 4.69) is 54.7 Å². The SMILES string of the molecule is CC1(C)C2CCC1(C)C(NC1CCCc3sc(I)cc31)C2. The minimum Gasteiger partial charge on any atom is -0.307 e. The third-order valence-corrected chi connectivity index (χ3v) is 9.25. The van der Waals surface area contributed by atoms with Crippen molar-refractivity contribution in [3.63, 3.8) is 0 Å². The largest absolute Gasteiger partial charge is 0.307 e. The first-order valence-electron chi connectivity index (χ1n) is 8.46. The van der Waals surface area contributed by atoms with Gasteiger partial charge in [-0.05, 0) is 89.5 Å². The van der Waals surface area contributed by atoms with Gasteiger partial charge in [-0.1, -0.05) is 20.8 Å². The summed E-state index contributed by atoms with van der Waals surface area (Å²) in [6, 6.07) is 3.78. The highest BCUT2D eigenvalue weighted by Crippen LogP contribution is 2.65. The van der Waals surface area contributed by atoms with Gasteiger partial charge in [-0.25, -0.2) is 0 Å². The molecule has 0 aromatic carbocycles. The zero-order valence-corrected chi connectivity index (χ0v) is 16.3. The van der Waals surface area contributed by atoms with Crippen molar-refractivity contribution in [2.75, 3.05) is 0 Å². The monoisotopic (exact) mass is 415 g/mol. The van der Waals surface area contributed by atoms with Crippen molar-refractivity contribution in [3.05, 3.63) is 19.4 Å². The van der Waals surface area contributed by atoms with Gasteiger partial charge in [-0.2, -0.15) is 0 Å². The molecule has 1 heterocycles. The highest BCUT2D eigenvalue weighted by atomic mass is 127. The summed E-state index contributed by atoms with van der Waals surface area (Å²) in [5, 5.41) is 4.12. The smallest absolute Gasteiger partial charge is 0.0659 e. The lowest BCUT2D eigenvalue weighted by Gasteiger charge is -2.41. The van der Waals surface area contributed by atoms with Crippen LogP contribution in [-0.4, -0.2) is 6.04 Å². The molecule has 1 N–H and O–H groups in total. The molecule has 4 atom stereocenters. The third kappa shape index (κ3) is 2.09. The summed E-state index contributed by atoms with van der Waals surface area (Å²) in [6.45, 7) is 7.59. The van der Waals surface area contributed by atoms with Crippen LogP contribution in [0.15, 0.2) is 6.07 Å². The number of halogens is 1. The summed E-state index contributed by atoms with van der Waals surface area (Å²) < 4.78 is 1.46. The van der Waals surface area contributed by atoms with Gasteiger partial charge in [0.25, 0.3) is 0 Å². The molecule has 3 aliphatic rings. The molecular weight excluding hydrogens is 389 g/mol. The minimum atomic E-state index is 0.498. The Morgan fingerprint density at radius 2 is 2.10 bits per heavy atom. The van der Waals surface area contributed by atoms with Crippen LogP contribution in [0.1, 0.15) is 69.4 Å². The highest BCUT2D eigenvalue weighted by Gasteiger charge is 2.61. The Labute approximate surface area is 146 Å². The summed E-state index contributed by atoms with van der Waals surface area (Å²) >= 11 is 4.51. The van der Waals surface area contributed by atoms with Crippen LogP contribution in [0.3, 0.4) is 0 Å². The van der Waals surface area contributed by atoms with Gasteiger partial charge in [0.15, 0.2) is 0 Å². The van der Waals surface area contributed by atoms with Crippen LogP contribution < -0.4 is 5.32 Å². The lowest BCUT2D eigenvalue weighted by atomic mass is 9.69. The van der Waals surface area contributed by atoms with Crippen molar-refractivity contribution >= 4 is 33.9 Å². The van der Waals surface area contributed by atoms with E-state index in [0.717, 1.165) is 12.0 Å². The molecule has 21 heavy (non-hydrogen) atoms. The van der Waals surface area contributed by atoms with Crippen molar-refractivity contribution < 1.29 is 0 Å². The molecule has 3 aliphatic carbocycles. The molecule has 1 aromatic heterocycles. The second kappa shape index (κ2) is 4.94. The number of hydrogen-bond donors (Lipinski definition) is 1. The van der Waals surface area contributed by atoms with E-state index in [-0.39, 0.29) is 0 Å². The van der Waals surface area contributed by atoms with E-state index >= 15 is 0 Å². The van der Waals surface area contributed by atoms with E-state index in [0.29, 0.717) is 16.9 Å². The second-order valence-electron chi connectivity index (χ2n) is 8.20. The van der Waals surface area contributed by atoms with Gasteiger partial charge in [0.05, 0.1) is 2.88 Å². The first-order chi connectivity index (χ1) is 9.92. The molecule has 4 unspecified atom stereocenters. The maximum Gasteiger partial charge on any atom is 0.0659 e. The van der Waals surface area contributed by atoms with E-state index in [9.17, 15) is 0 Å². The Balaban J connectivity index is 1.58. The fourth-order valence-electron chi connectivity index (χ4n) is 5.39. The van der Waals surface area contributed by atoms with Gasteiger partial charge >= 0.3 is 0 Å². The van der Waals surface area contributed by atoms with Gasteiger partial charge in [0, 0.05) is 17.0 Å². The second-order valence-corrected chi connectivity index (χ2v) is 11.2. The van der Waals surface area contributed by atoms with Crippen molar-refractivity contribution in [3.8, 4) is 0 Å². The van der Waals surface area contributed by atoms with Crippen molar-refractivity contribution in [1.82, 2.24) is 5.32 Å². The first kappa shape index (κ1) is 14.9. The van der Waals surface area contributed by atoms with Crippen molar-refractivity contribution in [2.24, 2.45) is 16.7 Å². The Morgan fingerprint density at radius 3 is 2.76 bits per heavy atom. The molecule has 0 radical (unpaired) electrons. The summed E-state index contributed by atoms with van der Waals surface area (Å²) in [6.07, 6.45) is 8.26. The molecular formula is C18H26INS. The van der Waals surface area contributed by atoms with Gasteiger partial charge < -0.3 is 5.32 Å². The number of hydrogen-bond acceptors (Lipinski definition) is 2. The van der Waals surface area contributed by atoms with Crippen LogP contribution in [0.25, 0.3) is 0 Å². The summed E-state index contributed by atoms with van der Waals surface area (Å²) in [5.74, 6) is 0.936. The number of thiophene rings is 1. The topological polar surface area (TPSA) is 12.0 Å². The Morgan fingerprint density at radius 1 is 1.29 bits per heavy atom. The Hall–Kier alpha value is 0.390. The molecule has 1 nitrogen and oxygen atoms in total. The van der Waals surface area contributed by atoms with Crippen molar-refractivity contribution in [1.29, 1.82) is 0 Å². The van der Waals surface area contributed by atoms with Crippen LogP contribution in [0.4, 0.5) is 0 Å². The number of rotatable bonds is 2. The van der Waals surface area contributed by atoms with Gasteiger partial charge in [0.2, 0.25) is 0 Å². The predicted octanol–water partition coefficient (Wildman–Crippen LogP) is 5.53. The Kier molecular flexibility index (Phi) is 3.52. The molecule has 0 aliphatic heterocycles. The number of fused-ring (bicyclic) bond motifs is 3. The van der Waals surface area contributed by atoms with E-state index in [1.165, 1.54) is 41.4 Å². The van der Waals surface area contributed by atoms with E-state index < -0.39 is 0 Å². The van der Waals surface area contributed by atoms with Crippen LogP contribution in [0, 0.1) is 19.6 Å². The average Bonchev–Trinajstić information content (AvgIpc) is 2.96. The molecule has 116 valence electrons. The predicted molar refractivity (Wildman–Crippen MR) is 98.9 cm³/mol. The van der Waals surface area contributed by atoms with Crippen LogP contribution in [-0.2, 0) is 6.42 Å².